The van der Waals surface area contributed by atoms with Gasteiger partial charge < -0.3 is 15.5 Å². The van der Waals surface area contributed by atoms with Crippen LogP contribution in [0.1, 0.15) is 15.9 Å². The zero-order valence-electron chi connectivity index (χ0n) is 11.4. The van der Waals surface area contributed by atoms with E-state index in [1.54, 1.807) is 37.4 Å². The zero-order valence-corrected chi connectivity index (χ0v) is 11.4. The van der Waals surface area contributed by atoms with Crippen LogP contribution in [0.5, 0.6) is 5.75 Å². The molecule has 2 rings (SSSR count). The number of anilines is 2. The van der Waals surface area contributed by atoms with E-state index >= 15 is 0 Å². The SMILES string of the molecule is COc1ccccc1NC(=O)c1ccc(NN)c(C)c1. The van der Waals surface area contributed by atoms with Gasteiger partial charge in [-0.05, 0) is 42.8 Å². The van der Waals surface area contributed by atoms with Gasteiger partial charge >= 0.3 is 0 Å². The van der Waals surface area contributed by atoms with Crippen molar-refractivity contribution in [2.75, 3.05) is 17.9 Å². The summed E-state index contributed by atoms with van der Waals surface area (Å²) in [5.41, 5.74) is 5.47. The molecule has 0 saturated carbocycles. The Bertz CT molecular complexity index is 626. The van der Waals surface area contributed by atoms with Crippen LogP contribution in [0.2, 0.25) is 0 Å². The molecular formula is C15H17N3O2. The van der Waals surface area contributed by atoms with E-state index in [1.807, 2.05) is 19.1 Å². The Kier molecular flexibility index (Phi) is 4.22. The monoisotopic (exact) mass is 271 g/mol. The fourth-order valence-electron chi connectivity index (χ4n) is 1.91. The molecule has 0 bridgehead atoms. The van der Waals surface area contributed by atoms with Crippen LogP contribution in [-0.4, -0.2) is 13.0 Å². The summed E-state index contributed by atoms with van der Waals surface area (Å²) in [4.78, 5) is 12.2. The lowest BCUT2D eigenvalue weighted by Crippen LogP contribution is -2.14. The van der Waals surface area contributed by atoms with Crippen LogP contribution in [0.4, 0.5) is 11.4 Å². The lowest BCUT2D eigenvalue weighted by Gasteiger charge is -2.11. The molecule has 0 unspecified atom stereocenters. The van der Waals surface area contributed by atoms with Gasteiger partial charge in [0.2, 0.25) is 0 Å². The molecule has 104 valence electrons. The van der Waals surface area contributed by atoms with E-state index < -0.39 is 0 Å². The summed E-state index contributed by atoms with van der Waals surface area (Å²) in [5.74, 6) is 5.80. The van der Waals surface area contributed by atoms with Crippen LogP contribution in [0.15, 0.2) is 42.5 Å². The van der Waals surface area contributed by atoms with Gasteiger partial charge in [0.25, 0.3) is 5.91 Å². The molecule has 5 heteroatoms. The first kappa shape index (κ1) is 13.9. The average Bonchev–Trinajstić information content (AvgIpc) is 2.47. The number of ether oxygens (including phenoxy) is 1. The van der Waals surface area contributed by atoms with Gasteiger partial charge in [-0.25, -0.2) is 0 Å². The number of amides is 1. The average molecular weight is 271 g/mol. The number of benzene rings is 2. The highest BCUT2D eigenvalue weighted by atomic mass is 16.5. The molecule has 0 spiro atoms. The van der Waals surface area contributed by atoms with Gasteiger partial charge in [-0.15, -0.1) is 0 Å². The summed E-state index contributed by atoms with van der Waals surface area (Å²) >= 11 is 0. The molecule has 0 radical (unpaired) electrons. The lowest BCUT2D eigenvalue weighted by atomic mass is 10.1. The van der Waals surface area contributed by atoms with E-state index in [-0.39, 0.29) is 5.91 Å². The molecule has 4 N–H and O–H groups in total. The molecule has 1 amide bonds. The van der Waals surface area contributed by atoms with E-state index in [1.165, 1.54) is 0 Å². The maximum absolute atomic E-state index is 12.2. The summed E-state index contributed by atoms with van der Waals surface area (Å²) in [7, 11) is 1.57. The van der Waals surface area contributed by atoms with Gasteiger partial charge in [0, 0.05) is 5.56 Å². The van der Waals surface area contributed by atoms with Crippen molar-refractivity contribution in [1.82, 2.24) is 0 Å². The number of hydrogen-bond donors (Lipinski definition) is 3. The van der Waals surface area contributed by atoms with E-state index in [4.69, 9.17) is 10.6 Å². The van der Waals surface area contributed by atoms with Crippen LogP contribution < -0.4 is 21.3 Å². The minimum atomic E-state index is -0.193. The van der Waals surface area contributed by atoms with Crippen molar-refractivity contribution in [3.63, 3.8) is 0 Å². The quantitative estimate of drug-likeness (QED) is 0.590. The van der Waals surface area contributed by atoms with Crippen molar-refractivity contribution >= 4 is 17.3 Å². The number of rotatable bonds is 4. The topological polar surface area (TPSA) is 76.4 Å². The van der Waals surface area contributed by atoms with E-state index in [2.05, 4.69) is 10.7 Å². The number of nitrogens with one attached hydrogen (secondary N) is 2. The van der Waals surface area contributed by atoms with Gasteiger partial charge in [-0.3, -0.25) is 10.6 Å². The van der Waals surface area contributed by atoms with Crippen LogP contribution in [-0.2, 0) is 0 Å². The number of aryl methyl sites for hydroxylation is 1. The maximum atomic E-state index is 12.2. The summed E-state index contributed by atoms with van der Waals surface area (Å²) < 4.78 is 5.20. The summed E-state index contributed by atoms with van der Waals surface area (Å²) in [6, 6.07) is 12.5. The van der Waals surface area contributed by atoms with Crippen molar-refractivity contribution in [2.24, 2.45) is 5.84 Å². The van der Waals surface area contributed by atoms with Crippen LogP contribution in [0.3, 0.4) is 0 Å². The van der Waals surface area contributed by atoms with Gasteiger partial charge in [-0.2, -0.15) is 0 Å². The second kappa shape index (κ2) is 6.08. The van der Waals surface area contributed by atoms with Crippen molar-refractivity contribution in [3.8, 4) is 5.75 Å². The highest BCUT2D eigenvalue weighted by Crippen LogP contribution is 2.24. The molecule has 2 aromatic carbocycles. The first-order valence-corrected chi connectivity index (χ1v) is 6.17. The lowest BCUT2D eigenvalue weighted by molar-refractivity contribution is 0.102. The van der Waals surface area contributed by atoms with Crippen LogP contribution in [0, 0.1) is 6.92 Å². The van der Waals surface area contributed by atoms with Gasteiger partial charge in [0.05, 0.1) is 18.5 Å². The predicted octanol–water partition coefficient (Wildman–Crippen LogP) is 2.54. The van der Waals surface area contributed by atoms with Crippen molar-refractivity contribution < 1.29 is 9.53 Å². The highest BCUT2D eigenvalue weighted by Gasteiger charge is 2.10. The number of hydrogen-bond acceptors (Lipinski definition) is 4. The second-order valence-electron chi connectivity index (χ2n) is 4.33. The van der Waals surface area contributed by atoms with E-state index in [0.29, 0.717) is 17.0 Å². The number of nitrogen functional groups attached to an aromatic ring is 1. The maximum Gasteiger partial charge on any atom is 0.255 e. The third-order valence-corrected chi connectivity index (χ3v) is 3.00. The Labute approximate surface area is 117 Å². The van der Waals surface area contributed by atoms with Crippen LogP contribution in [0.25, 0.3) is 0 Å². The van der Waals surface area contributed by atoms with E-state index in [0.717, 1.165) is 11.3 Å². The molecule has 5 nitrogen and oxygen atoms in total. The molecule has 0 aliphatic carbocycles. The number of hydrazine groups is 1. The van der Waals surface area contributed by atoms with Crippen LogP contribution >= 0.6 is 0 Å². The Morgan fingerprint density at radius 2 is 1.90 bits per heavy atom. The Hall–Kier alpha value is -2.53. The third-order valence-electron chi connectivity index (χ3n) is 3.00. The minimum absolute atomic E-state index is 0.193. The fraction of sp³-hybridized carbons (Fsp3) is 0.133. The number of carbonyl (C=O) groups is 1. The molecule has 0 aliphatic heterocycles. The van der Waals surface area contributed by atoms with Crippen molar-refractivity contribution in [3.05, 3.63) is 53.6 Å². The molecule has 0 fully saturated rings. The largest absolute Gasteiger partial charge is 0.495 e. The fourth-order valence-corrected chi connectivity index (χ4v) is 1.91. The zero-order chi connectivity index (χ0) is 14.5. The Morgan fingerprint density at radius 1 is 1.15 bits per heavy atom. The summed E-state index contributed by atoms with van der Waals surface area (Å²) in [5, 5.41) is 2.83. The Morgan fingerprint density at radius 3 is 2.55 bits per heavy atom. The molecule has 0 heterocycles. The molecular weight excluding hydrogens is 254 g/mol. The van der Waals surface area contributed by atoms with Gasteiger partial charge in [0.15, 0.2) is 0 Å². The third kappa shape index (κ3) is 2.89. The molecule has 0 saturated heterocycles. The van der Waals surface area contributed by atoms with E-state index in [9.17, 15) is 4.79 Å². The number of nitrogens with two attached hydrogens (primary N) is 1. The van der Waals surface area contributed by atoms with Crippen molar-refractivity contribution in [2.45, 2.75) is 6.92 Å². The predicted molar refractivity (Wildman–Crippen MR) is 79.9 cm³/mol. The standard InChI is InChI=1S/C15H17N3O2/c1-10-9-11(7-8-12(10)18-16)15(19)17-13-5-3-4-6-14(13)20-2/h3-9,18H,16H2,1-2H3,(H,17,19). The first-order chi connectivity index (χ1) is 9.65. The molecule has 0 aromatic heterocycles. The highest BCUT2D eigenvalue weighted by molar-refractivity contribution is 6.05. The number of methoxy groups -OCH3 is 1. The first-order valence-electron chi connectivity index (χ1n) is 6.17. The molecule has 0 aliphatic rings. The smallest absolute Gasteiger partial charge is 0.255 e. The molecule has 20 heavy (non-hydrogen) atoms. The summed E-state index contributed by atoms with van der Waals surface area (Å²) in [6.45, 7) is 1.88. The van der Waals surface area contributed by atoms with Gasteiger partial charge in [-0.1, -0.05) is 12.1 Å². The summed E-state index contributed by atoms with van der Waals surface area (Å²) in [6.07, 6.45) is 0. The van der Waals surface area contributed by atoms with Crippen molar-refractivity contribution in [1.29, 1.82) is 0 Å². The van der Waals surface area contributed by atoms with Gasteiger partial charge in [0.1, 0.15) is 5.75 Å². The minimum Gasteiger partial charge on any atom is -0.495 e. The molecule has 2 aromatic rings. The number of carbonyl (C=O) groups excluding carboxylic acids is 1. The molecule has 0 atom stereocenters. The number of para-hydroxylation sites is 2. The Balaban J connectivity index is 2.22. The normalized spacial score (nSPS) is 9.95. The second-order valence-corrected chi connectivity index (χ2v) is 4.33.